The third kappa shape index (κ3) is 1.72. The Hall–Kier alpha value is -2.03. The zero-order valence-electron chi connectivity index (χ0n) is 8.93. The highest BCUT2D eigenvalue weighted by atomic mass is 16.3. The number of phenols is 1. The summed E-state index contributed by atoms with van der Waals surface area (Å²) < 4.78 is 5.26. The maximum atomic E-state index is 10.8. The number of furan rings is 1. The number of hydrogen-bond donors (Lipinski definition) is 1. The molecule has 0 spiro atoms. The van der Waals surface area contributed by atoms with E-state index in [-0.39, 0.29) is 5.75 Å². The van der Waals surface area contributed by atoms with E-state index in [0.29, 0.717) is 24.0 Å². The molecule has 0 radical (unpaired) electrons. The van der Waals surface area contributed by atoms with E-state index in [1.54, 1.807) is 18.4 Å². The zero-order valence-corrected chi connectivity index (χ0v) is 8.93. The van der Waals surface area contributed by atoms with Crippen molar-refractivity contribution in [3.05, 3.63) is 41.7 Å². The van der Waals surface area contributed by atoms with Crippen molar-refractivity contribution in [2.45, 2.75) is 13.3 Å². The monoisotopic (exact) mass is 216 g/mol. The van der Waals surface area contributed by atoms with E-state index in [1.165, 1.54) is 0 Å². The van der Waals surface area contributed by atoms with E-state index >= 15 is 0 Å². The maximum Gasteiger partial charge on any atom is 0.153 e. The number of benzene rings is 1. The molecule has 0 amide bonds. The summed E-state index contributed by atoms with van der Waals surface area (Å²) in [5, 5.41) is 9.75. The standard InChI is InChI=1S/C13H12O3/c1-2-9-6-10(12-4-3-5-16-12)7-11(8-14)13(9)15/h3-8,15H,2H2,1H3. The van der Waals surface area contributed by atoms with E-state index in [0.717, 1.165) is 11.1 Å². The van der Waals surface area contributed by atoms with E-state index in [1.807, 2.05) is 19.1 Å². The maximum absolute atomic E-state index is 10.8. The molecule has 0 unspecified atom stereocenters. The first-order chi connectivity index (χ1) is 7.76. The highest BCUT2D eigenvalue weighted by Crippen LogP contribution is 2.29. The summed E-state index contributed by atoms with van der Waals surface area (Å²) in [6.07, 6.45) is 2.90. The lowest BCUT2D eigenvalue weighted by Crippen LogP contribution is -1.90. The Labute approximate surface area is 93.3 Å². The van der Waals surface area contributed by atoms with Crippen molar-refractivity contribution in [2.24, 2.45) is 0 Å². The molecule has 0 aliphatic heterocycles. The molecule has 0 fully saturated rings. The average Bonchev–Trinajstić information content (AvgIpc) is 2.83. The third-order valence-corrected chi connectivity index (χ3v) is 2.53. The number of carbonyl (C=O) groups excluding carboxylic acids is 1. The van der Waals surface area contributed by atoms with Gasteiger partial charge in [0.25, 0.3) is 0 Å². The van der Waals surface area contributed by atoms with Crippen LogP contribution in [0.5, 0.6) is 5.75 Å². The first kappa shape index (κ1) is 10.5. The van der Waals surface area contributed by atoms with Gasteiger partial charge in [-0.3, -0.25) is 4.79 Å². The van der Waals surface area contributed by atoms with Gasteiger partial charge in [0.2, 0.25) is 0 Å². The van der Waals surface area contributed by atoms with Gasteiger partial charge >= 0.3 is 0 Å². The molecule has 0 aliphatic carbocycles. The summed E-state index contributed by atoms with van der Waals surface area (Å²) in [6, 6.07) is 7.07. The van der Waals surface area contributed by atoms with Gasteiger partial charge in [0.1, 0.15) is 11.5 Å². The number of aryl methyl sites for hydroxylation is 1. The molecule has 1 heterocycles. The first-order valence-corrected chi connectivity index (χ1v) is 5.11. The van der Waals surface area contributed by atoms with Crippen LogP contribution in [0.25, 0.3) is 11.3 Å². The molecule has 0 saturated heterocycles. The topological polar surface area (TPSA) is 50.4 Å². The summed E-state index contributed by atoms with van der Waals surface area (Å²) in [5.74, 6) is 0.755. The average molecular weight is 216 g/mol. The Morgan fingerprint density at radius 3 is 2.81 bits per heavy atom. The summed E-state index contributed by atoms with van der Waals surface area (Å²) in [4.78, 5) is 10.8. The van der Waals surface area contributed by atoms with Crippen LogP contribution in [0.15, 0.2) is 34.9 Å². The SMILES string of the molecule is CCc1cc(-c2ccco2)cc(C=O)c1O. The third-order valence-electron chi connectivity index (χ3n) is 2.53. The van der Waals surface area contributed by atoms with Crippen molar-refractivity contribution in [2.75, 3.05) is 0 Å². The number of phenolic OH excluding ortho intramolecular Hbond substituents is 1. The lowest BCUT2D eigenvalue weighted by Gasteiger charge is -2.07. The van der Waals surface area contributed by atoms with Crippen LogP contribution >= 0.6 is 0 Å². The smallest absolute Gasteiger partial charge is 0.153 e. The molecule has 0 aliphatic rings. The van der Waals surface area contributed by atoms with Gasteiger partial charge in [-0.1, -0.05) is 6.92 Å². The Bertz CT molecular complexity index is 498. The van der Waals surface area contributed by atoms with Crippen molar-refractivity contribution < 1.29 is 14.3 Å². The summed E-state index contributed by atoms with van der Waals surface area (Å²) in [6.45, 7) is 1.93. The Balaban J connectivity index is 2.60. The molecular formula is C13H12O3. The Morgan fingerprint density at radius 2 is 2.25 bits per heavy atom. The van der Waals surface area contributed by atoms with Gasteiger partial charge in [0, 0.05) is 5.56 Å². The van der Waals surface area contributed by atoms with Crippen molar-refractivity contribution in [1.29, 1.82) is 0 Å². The van der Waals surface area contributed by atoms with Crippen LogP contribution in [0.2, 0.25) is 0 Å². The highest BCUT2D eigenvalue weighted by molar-refractivity contribution is 5.83. The normalized spacial score (nSPS) is 10.3. The van der Waals surface area contributed by atoms with E-state index < -0.39 is 0 Å². The molecule has 3 heteroatoms. The van der Waals surface area contributed by atoms with Crippen molar-refractivity contribution in [3.8, 4) is 17.1 Å². The molecule has 0 bridgehead atoms. The molecule has 3 nitrogen and oxygen atoms in total. The summed E-state index contributed by atoms with van der Waals surface area (Å²) in [7, 11) is 0. The van der Waals surface area contributed by atoms with Crippen LogP contribution < -0.4 is 0 Å². The van der Waals surface area contributed by atoms with Gasteiger partial charge in [-0.15, -0.1) is 0 Å². The van der Waals surface area contributed by atoms with E-state index in [9.17, 15) is 9.90 Å². The predicted molar refractivity (Wildman–Crippen MR) is 60.6 cm³/mol. The van der Waals surface area contributed by atoms with Crippen molar-refractivity contribution >= 4 is 6.29 Å². The fourth-order valence-corrected chi connectivity index (χ4v) is 1.66. The van der Waals surface area contributed by atoms with Gasteiger partial charge in [0.15, 0.2) is 6.29 Å². The number of aldehydes is 1. The van der Waals surface area contributed by atoms with Crippen LogP contribution in [-0.2, 0) is 6.42 Å². The van der Waals surface area contributed by atoms with Crippen molar-refractivity contribution in [1.82, 2.24) is 0 Å². The van der Waals surface area contributed by atoms with Gasteiger partial charge in [-0.25, -0.2) is 0 Å². The van der Waals surface area contributed by atoms with Gasteiger partial charge in [-0.2, -0.15) is 0 Å². The molecule has 2 aromatic rings. The molecule has 0 saturated carbocycles. The van der Waals surface area contributed by atoms with Gasteiger partial charge < -0.3 is 9.52 Å². The Kier molecular flexibility index (Phi) is 2.77. The predicted octanol–water partition coefficient (Wildman–Crippen LogP) is 3.03. The van der Waals surface area contributed by atoms with E-state index in [4.69, 9.17) is 4.42 Å². The van der Waals surface area contributed by atoms with Gasteiger partial charge in [-0.05, 0) is 36.2 Å². The second-order valence-corrected chi connectivity index (χ2v) is 3.52. The number of hydrogen-bond acceptors (Lipinski definition) is 3. The van der Waals surface area contributed by atoms with Crippen LogP contribution in [0.3, 0.4) is 0 Å². The fourth-order valence-electron chi connectivity index (χ4n) is 1.66. The zero-order chi connectivity index (χ0) is 11.5. The van der Waals surface area contributed by atoms with Crippen LogP contribution in [0.1, 0.15) is 22.8 Å². The molecule has 1 N–H and O–H groups in total. The van der Waals surface area contributed by atoms with Crippen LogP contribution in [0, 0.1) is 0 Å². The molecule has 2 rings (SSSR count). The molecule has 1 aromatic carbocycles. The van der Waals surface area contributed by atoms with Crippen LogP contribution in [-0.4, -0.2) is 11.4 Å². The minimum Gasteiger partial charge on any atom is -0.507 e. The molecular weight excluding hydrogens is 204 g/mol. The summed E-state index contributed by atoms with van der Waals surface area (Å²) >= 11 is 0. The highest BCUT2D eigenvalue weighted by Gasteiger charge is 2.10. The molecule has 82 valence electrons. The lowest BCUT2D eigenvalue weighted by atomic mass is 10.0. The fraction of sp³-hybridized carbons (Fsp3) is 0.154. The second kappa shape index (κ2) is 4.23. The molecule has 16 heavy (non-hydrogen) atoms. The number of carbonyl (C=O) groups is 1. The number of aromatic hydroxyl groups is 1. The largest absolute Gasteiger partial charge is 0.507 e. The minimum absolute atomic E-state index is 0.0628. The van der Waals surface area contributed by atoms with Gasteiger partial charge in [0.05, 0.1) is 11.8 Å². The molecule has 1 aromatic heterocycles. The quantitative estimate of drug-likeness (QED) is 0.802. The van der Waals surface area contributed by atoms with E-state index in [2.05, 4.69) is 0 Å². The first-order valence-electron chi connectivity index (χ1n) is 5.11. The Morgan fingerprint density at radius 1 is 1.44 bits per heavy atom. The minimum atomic E-state index is 0.0628. The molecule has 0 atom stereocenters. The van der Waals surface area contributed by atoms with Crippen molar-refractivity contribution in [3.63, 3.8) is 0 Å². The summed E-state index contributed by atoms with van der Waals surface area (Å²) in [5.41, 5.74) is 1.85. The van der Waals surface area contributed by atoms with Crippen LogP contribution in [0.4, 0.5) is 0 Å². The second-order valence-electron chi connectivity index (χ2n) is 3.52. The lowest BCUT2D eigenvalue weighted by molar-refractivity contribution is 0.112. The number of rotatable bonds is 3.